The van der Waals surface area contributed by atoms with Crippen LogP contribution in [0.3, 0.4) is 0 Å². The van der Waals surface area contributed by atoms with Crippen LogP contribution in [0.5, 0.6) is 11.5 Å². The minimum Gasteiger partial charge on any atom is -0.457 e. The van der Waals surface area contributed by atoms with Crippen LogP contribution in [0.25, 0.3) is 0 Å². The van der Waals surface area contributed by atoms with Gasteiger partial charge in [0.25, 0.3) is 0 Å². The number of hydrogen-bond donors (Lipinski definition) is 1. The Morgan fingerprint density at radius 3 is 2.58 bits per heavy atom. The molecule has 2 nitrogen and oxygen atoms in total. The zero-order valence-electron chi connectivity index (χ0n) is 10.0. The fraction of sp³-hybridized carbons (Fsp3) is 0.143. The Balaban J connectivity index is 2.40. The predicted octanol–water partition coefficient (Wildman–Crippen LogP) is 4.57. The molecule has 100 valence electrons. The summed E-state index contributed by atoms with van der Waals surface area (Å²) >= 11 is 3.14. The van der Waals surface area contributed by atoms with Gasteiger partial charge in [0.05, 0.1) is 11.7 Å². The van der Waals surface area contributed by atoms with Gasteiger partial charge in [0.15, 0.2) is 0 Å². The first-order valence-electron chi connectivity index (χ1n) is 5.58. The molecule has 2 aromatic rings. The molecule has 0 radical (unpaired) electrons. The topological polar surface area (TPSA) is 29.5 Å². The van der Waals surface area contributed by atoms with Crippen LogP contribution in [-0.4, -0.2) is 5.11 Å². The monoisotopic (exact) mass is 328 g/mol. The normalized spacial score (nSPS) is 12.3. The molecular weight excluding hydrogens is 318 g/mol. The van der Waals surface area contributed by atoms with Gasteiger partial charge in [-0.25, -0.2) is 8.78 Å². The van der Waals surface area contributed by atoms with E-state index in [4.69, 9.17) is 4.74 Å². The highest BCUT2D eigenvalue weighted by Gasteiger charge is 2.15. The van der Waals surface area contributed by atoms with Gasteiger partial charge < -0.3 is 9.84 Å². The van der Waals surface area contributed by atoms with Crippen LogP contribution in [0.2, 0.25) is 0 Å². The molecule has 1 N–H and O–H groups in total. The lowest BCUT2D eigenvalue weighted by Gasteiger charge is -2.14. The van der Waals surface area contributed by atoms with Crippen molar-refractivity contribution in [2.75, 3.05) is 0 Å². The van der Waals surface area contributed by atoms with E-state index in [-0.39, 0.29) is 17.1 Å². The molecule has 0 saturated carbocycles. The molecule has 0 aliphatic carbocycles. The Bertz CT molecular complexity index is 580. The maximum atomic E-state index is 13.6. The minimum absolute atomic E-state index is 0.0443. The lowest BCUT2D eigenvalue weighted by Crippen LogP contribution is -2.00. The summed E-state index contributed by atoms with van der Waals surface area (Å²) in [6, 6.07) is 8.24. The van der Waals surface area contributed by atoms with Gasteiger partial charge in [-0.15, -0.1) is 0 Å². The highest BCUT2D eigenvalue weighted by atomic mass is 79.9. The van der Waals surface area contributed by atoms with Crippen LogP contribution in [0.15, 0.2) is 40.9 Å². The van der Waals surface area contributed by atoms with Gasteiger partial charge in [-0.1, -0.05) is 22.0 Å². The second-order valence-electron chi connectivity index (χ2n) is 4.03. The molecule has 0 amide bonds. The molecule has 0 spiro atoms. The van der Waals surface area contributed by atoms with Crippen molar-refractivity contribution >= 4 is 15.9 Å². The first kappa shape index (κ1) is 14.0. The fourth-order valence-corrected chi connectivity index (χ4v) is 2.17. The minimum atomic E-state index is -1.02. The summed E-state index contributed by atoms with van der Waals surface area (Å²) in [4.78, 5) is 0. The second kappa shape index (κ2) is 5.67. The number of aliphatic hydroxyl groups is 1. The third kappa shape index (κ3) is 3.30. The smallest absolute Gasteiger partial charge is 0.136 e. The molecule has 19 heavy (non-hydrogen) atoms. The molecule has 0 aliphatic rings. The maximum absolute atomic E-state index is 13.6. The SMILES string of the molecule is C[C@H](O)c1c(F)cccc1Oc1cc(F)cc(Br)c1. The average molecular weight is 329 g/mol. The standard InChI is InChI=1S/C14H11BrF2O2/c1-8(18)14-12(17)3-2-4-13(14)19-11-6-9(15)5-10(16)7-11/h2-8,18H,1H3/t8-/m0/s1. The van der Waals surface area contributed by atoms with E-state index in [2.05, 4.69) is 15.9 Å². The van der Waals surface area contributed by atoms with Gasteiger partial charge in [0, 0.05) is 10.5 Å². The van der Waals surface area contributed by atoms with Crippen molar-refractivity contribution in [2.24, 2.45) is 0 Å². The summed E-state index contributed by atoms with van der Waals surface area (Å²) in [5.41, 5.74) is 0.0443. The molecule has 0 aromatic heterocycles. The molecule has 2 aromatic carbocycles. The summed E-state index contributed by atoms with van der Waals surface area (Å²) in [6.45, 7) is 1.44. The highest BCUT2D eigenvalue weighted by molar-refractivity contribution is 9.10. The van der Waals surface area contributed by atoms with Crippen molar-refractivity contribution < 1.29 is 18.6 Å². The van der Waals surface area contributed by atoms with Crippen LogP contribution in [0, 0.1) is 11.6 Å². The third-order valence-corrected chi connectivity index (χ3v) is 2.95. The van der Waals surface area contributed by atoms with Crippen molar-refractivity contribution in [1.82, 2.24) is 0 Å². The van der Waals surface area contributed by atoms with Crippen molar-refractivity contribution in [1.29, 1.82) is 0 Å². The molecule has 0 fully saturated rings. The maximum Gasteiger partial charge on any atom is 0.136 e. The van der Waals surface area contributed by atoms with Crippen molar-refractivity contribution in [2.45, 2.75) is 13.0 Å². The second-order valence-corrected chi connectivity index (χ2v) is 4.95. The van der Waals surface area contributed by atoms with Gasteiger partial charge in [-0.2, -0.15) is 0 Å². The Labute approximate surface area is 117 Å². The number of halogens is 3. The molecular formula is C14H11BrF2O2. The van der Waals surface area contributed by atoms with E-state index in [1.54, 1.807) is 6.07 Å². The van der Waals surface area contributed by atoms with Crippen LogP contribution in [0.4, 0.5) is 8.78 Å². The third-order valence-electron chi connectivity index (χ3n) is 2.49. The van der Waals surface area contributed by atoms with Gasteiger partial charge in [-0.3, -0.25) is 0 Å². The van der Waals surface area contributed by atoms with Gasteiger partial charge in [0.2, 0.25) is 0 Å². The average Bonchev–Trinajstić information content (AvgIpc) is 2.26. The Morgan fingerprint density at radius 1 is 1.21 bits per heavy atom. The van der Waals surface area contributed by atoms with Crippen molar-refractivity contribution in [3.05, 3.63) is 58.1 Å². The number of hydrogen-bond acceptors (Lipinski definition) is 2. The summed E-state index contributed by atoms with van der Waals surface area (Å²) < 4.78 is 32.8. The summed E-state index contributed by atoms with van der Waals surface area (Å²) in [5.74, 6) is -0.658. The molecule has 0 saturated heterocycles. The van der Waals surface area contributed by atoms with Crippen LogP contribution in [-0.2, 0) is 0 Å². The van der Waals surface area contributed by atoms with Gasteiger partial charge >= 0.3 is 0 Å². The predicted molar refractivity (Wildman–Crippen MR) is 71.2 cm³/mol. The number of benzene rings is 2. The zero-order valence-corrected chi connectivity index (χ0v) is 11.6. The summed E-state index contributed by atoms with van der Waals surface area (Å²) in [6.07, 6.45) is -1.02. The van der Waals surface area contributed by atoms with Crippen LogP contribution < -0.4 is 4.74 Å². The van der Waals surface area contributed by atoms with Crippen molar-refractivity contribution in [3.63, 3.8) is 0 Å². The van der Waals surface area contributed by atoms with Crippen molar-refractivity contribution in [3.8, 4) is 11.5 Å². The highest BCUT2D eigenvalue weighted by Crippen LogP contribution is 2.32. The van der Waals surface area contributed by atoms with Gasteiger partial charge in [-0.05, 0) is 31.2 Å². The molecule has 0 bridgehead atoms. The van der Waals surface area contributed by atoms with E-state index < -0.39 is 17.7 Å². The van der Waals surface area contributed by atoms with E-state index in [0.29, 0.717) is 4.47 Å². The zero-order chi connectivity index (χ0) is 14.0. The summed E-state index contributed by atoms with van der Waals surface area (Å²) in [5, 5.41) is 9.57. The Kier molecular flexibility index (Phi) is 4.17. The van der Waals surface area contributed by atoms with Crippen LogP contribution in [0.1, 0.15) is 18.6 Å². The summed E-state index contributed by atoms with van der Waals surface area (Å²) in [7, 11) is 0. The van der Waals surface area contributed by atoms with E-state index in [1.807, 2.05) is 0 Å². The molecule has 5 heteroatoms. The van der Waals surface area contributed by atoms with E-state index in [1.165, 1.54) is 37.3 Å². The molecule has 0 heterocycles. The first-order chi connectivity index (χ1) is 8.97. The molecule has 0 unspecified atom stereocenters. The van der Waals surface area contributed by atoms with E-state index in [0.717, 1.165) is 0 Å². The van der Waals surface area contributed by atoms with E-state index in [9.17, 15) is 13.9 Å². The number of ether oxygens (including phenoxy) is 1. The Morgan fingerprint density at radius 2 is 1.95 bits per heavy atom. The largest absolute Gasteiger partial charge is 0.457 e. The molecule has 1 atom stereocenters. The fourth-order valence-electron chi connectivity index (χ4n) is 1.73. The van der Waals surface area contributed by atoms with Gasteiger partial charge in [0.1, 0.15) is 23.1 Å². The molecule has 2 rings (SSSR count). The lowest BCUT2D eigenvalue weighted by atomic mass is 10.1. The molecule has 0 aliphatic heterocycles. The first-order valence-corrected chi connectivity index (χ1v) is 6.37. The van der Waals surface area contributed by atoms with Crippen LogP contribution >= 0.6 is 15.9 Å². The quantitative estimate of drug-likeness (QED) is 0.894. The van der Waals surface area contributed by atoms with E-state index >= 15 is 0 Å². The number of rotatable bonds is 3. The number of aliphatic hydroxyl groups excluding tert-OH is 1. The lowest BCUT2D eigenvalue weighted by molar-refractivity contribution is 0.190. The Hall–Kier alpha value is -1.46.